The fraction of sp³-hybridized carbons (Fsp3) is 0.400. The fourth-order valence-corrected chi connectivity index (χ4v) is 6.21. The van der Waals surface area contributed by atoms with Crippen LogP contribution < -0.4 is 15.6 Å². The first-order valence-corrected chi connectivity index (χ1v) is 12.5. The van der Waals surface area contributed by atoms with Gasteiger partial charge in [0.25, 0.3) is 5.91 Å². The molecule has 1 aliphatic heterocycles. The molecule has 2 aromatic rings. The molecule has 31 heavy (non-hydrogen) atoms. The number of nitrogens with zero attached hydrogens (tertiary/aromatic N) is 1. The van der Waals surface area contributed by atoms with Crippen LogP contribution in [0.1, 0.15) is 40.9 Å². The molecule has 0 atom stereocenters. The molecule has 1 fully saturated rings. The SMILES string of the molecule is Cc1cc(Cl)ccc1OCCCC(=O)NNC(=O)c1sccc1S(=O)(=O)N1CCCC1. The summed E-state index contributed by atoms with van der Waals surface area (Å²) in [4.78, 5) is 24.5. The van der Waals surface area contributed by atoms with Gasteiger partial charge in [-0.1, -0.05) is 11.6 Å². The highest BCUT2D eigenvalue weighted by atomic mass is 35.5. The van der Waals surface area contributed by atoms with Gasteiger partial charge in [0.05, 0.1) is 6.61 Å². The smallest absolute Gasteiger partial charge is 0.281 e. The average Bonchev–Trinajstić information content (AvgIpc) is 3.43. The number of aryl methyl sites for hydroxylation is 1. The van der Waals surface area contributed by atoms with Crippen molar-refractivity contribution in [1.82, 2.24) is 15.2 Å². The number of rotatable bonds is 8. The first-order valence-electron chi connectivity index (χ1n) is 9.85. The van der Waals surface area contributed by atoms with Gasteiger partial charge in [0.15, 0.2) is 0 Å². The van der Waals surface area contributed by atoms with Crippen LogP contribution in [0.15, 0.2) is 34.5 Å². The molecule has 0 unspecified atom stereocenters. The van der Waals surface area contributed by atoms with Crippen LogP contribution in [0.3, 0.4) is 0 Å². The number of amides is 2. The summed E-state index contributed by atoms with van der Waals surface area (Å²) in [6.07, 6.45) is 2.19. The Morgan fingerprint density at radius 3 is 2.65 bits per heavy atom. The molecule has 2 N–H and O–H groups in total. The summed E-state index contributed by atoms with van der Waals surface area (Å²) in [6.45, 7) is 3.11. The molecule has 0 aliphatic carbocycles. The van der Waals surface area contributed by atoms with Crippen LogP contribution in [0.4, 0.5) is 0 Å². The van der Waals surface area contributed by atoms with Crippen molar-refractivity contribution < 1.29 is 22.7 Å². The quantitative estimate of drug-likeness (QED) is 0.441. The molecule has 0 spiro atoms. The van der Waals surface area contributed by atoms with Gasteiger partial charge in [-0.15, -0.1) is 11.3 Å². The minimum absolute atomic E-state index is 0.0297. The van der Waals surface area contributed by atoms with Gasteiger partial charge in [-0.3, -0.25) is 20.4 Å². The van der Waals surface area contributed by atoms with E-state index < -0.39 is 21.8 Å². The molecule has 3 rings (SSSR count). The highest BCUT2D eigenvalue weighted by Crippen LogP contribution is 2.27. The van der Waals surface area contributed by atoms with E-state index in [4.69, 9.17) is 16.3 Å². The number of ether oxygens (including phenoxy) is 1. The molecule has 8 nitrogen and oxygen atoms in total. The molecule has 1 aromatic heterocycles. The van der Waals surface area contributed by atoms with E-state index in [0.29, 0.717) is 36.9 Å². The number of benzene rings is 1. The minimum Gasteiger partial charge on any atom is -0.493 e. The normalized spacial score (nSPS) is 14.4. The number of carbonyl (C=O) groups excluding carboxylic acids is 2. The molecule has 0 bridgehead atoms. The highest BCUT2D eigenvalue weighted by molar-refractivity contribution is 7.89. The molecule has 0 saturated carbocycles. The van der Waals surface area contributed by atoms with Gasteiger partial charge >= 0.3 is 0 Å². The van der Waals surface area contributed by atoms with Crippen LogP contribution in [0, 0.1) is 6.92 Å². The Labute approximate surface area is 190 Å². The van der Waals surface area contributed by atoms with E-state index in [1.54, 1.807) is 23.6 Å². The van der Waals surface area contributed by atoms with E-state index in [0.717, 1.165) is 29.7 Å². The zero-order valence-corrected chi connectivity index (χ0v) is 19.4. The van der Waals surface area contributed by atoms with Crippen molar-refractivity contribution >= 4 is 44.8 Å². The summed E-state index contributed by atoms with van der Waals surface area (Å²) < 4.78 is 32.5. The van der Waals surface area contributed by atoms with Gasteiger partial charge in [-0.2, -0.15) is 4.31 Å². The number of halogens is 1. The maximum atomic E-state index is 12.7. The van der Waals surface area contributed by atoms with Crippen LogP contribution in [0.5, 0.6) is 5.75 Å². The van der Waals surface area contributed by atoms with Gasteiger partial charge in [0.1, 0.15) is 15.5 Å². The van der Waals surface area contributed by atoms with Crippen LogP contribution in [-0.2, 0) is 14.8 Å². The Hall–Kier alpha value is -2.14. The molecule has 1 aliphatic rings. The Bertz CT molecular complexity index is 1050. The highest BCUT2D eigenvalue weighted by Gasteiger charge is 2.31. The number of sulfonamides is 1. The van der Waals surface area contributed by atoms with E-state index >= 15 is 0 Å². The van der Waals surface area contributed by atoms with Gasteiger partial charge in [-0.05, 0) is 61.4 Å². The molecular formula is C20H24ClN3O5S2. The first-order chi connectivity index (χ1) is 14.8. The van der Waals surface area contributed by atoms with Crippen LogP contribution >= 0.6 is 22.9 Å². The lowest BCUT2D eigenvalue weighted by Crippen LogP contribution is -2.42. The van der Waals surface area contributed by atoms with E-state index in [-0.39, 0.29) is 16.2 Å². The Kier molecular flexibility index (Phi) is 7.93. The Morgan fingerprint density at radius 2 is 1.94 bits per heavy atom. The van der Waals surface area contributed by atoms with Crippen molar-refractivity contribution in [3.05, 3.63) is 45.1 Å². The van der Waals surface area contributed by atoms with Crippen LogP contribution in [-0.4, -0.2) is 44.2 Å². The summed E-state index contributed by atoms with van der Waals surface area (Å²) in [5.41, 5.74) is 5.52. The number of hydrogen-bond acceptors (Lipinski definition) is 6. The zero-order chi connectivity index (χ0) is 22.4. The third kappa shape index (κ3) is 5.97. The third-order valence-electron chi connectivity index (χ3n) is 4.78. The minimum atomic E-state index is -3.71. The fourth-order valence-electron chi connectivity index (χ4n) is 3.17. The molecule has 1 aromatic carbocycles. The number of nitrogens with one attached hydrogen (secondary N) is 2. The van der Waals surface area contributed by atoms with Crippen LogP contribution in [0.2, 0.25) is 5.02 Å². The van der Waals surface area contributed by atoms with E-state index in [1.807, 2.05) is 6.92 Å². The predicted molar refractivity (Wildman–Crippen MR) is 119 cm³/mol. The molecule has 168 valence electrons. The predicted octanol–water partition coefficient (Wildman–Crippen LogP) is 3.11. The summed E-state index contributed by atoms with van der Waals surface area (Å²) in [5.74, 6) is -0.359. The summed E-state index contributed by atoms with van der Waals surface area (Å²) in [7, 11) is -3.71. The van der Waals surface area contributed by atoms with E-state index in [9.17, 15) is 18.0 Å². The number of carbonyl (C=O) groups is 2. The third-order valence-corrected chi connectivity index (χ3v) is 7.99. The van der Waals surface area contributed by atoms with Crippen molar-refractivity contribution in [2.45, 2.75) is 37.5 Å². The van der Waals surface area contributed by atoms with Gasteiger partial charge in [0, 0.05) is 24.5 Å². The lowest BCUT2D eigenvalue weighted by Gasteiger charge is -2.15. The average molecular weight is 486 g/mol. The first kappa shape index (κ1) is 23.5. The summed E-state index contributed by atoms with van der Waals surface area (Å²) in [6, 6.07) is 6.72. The lowest BCUT2D eigenvalue weighted by atomic mass is 10.2. The second-order valence-corrected chi connectivity index (χ2v) is 10.3. The number of hydrazine groups is 1. The molecule has 1 saturated heterocycles. The number of hydrogen-bond donors (Lipinski definition) is 2. The van der Waals surface area contributed by atoms with Gasteiger partial charge < -0.3 is 4.74 Å². The summed E-state index contributed by atoms with van der Waals surface area (Å²) in [5, 5.41) is 2.18. The Balaban J connectivity index is 1.45. The van der Waals surface area contributed by atoms with Crippen molar-refractivity contribution in [2.75, 3.05) is 19.7 Å². The maximum absolute atomic E-state index is 12.7. The number of thiophene rings is 1. The molecule has 0 radical (unpaired) electrons. The Morgan fingerprint density at radius 1 is 1.19 bits per heavy atom. The lowest BCUT2D eigenvalue weighted by molar-refractivity contribution is -0.122. The molecular weight excluding hydrogens is 462 g/mol. The molecule has 2 amide bonds. The van der Waals surface area contributed by atoms with Crippen molar-refractivity contribution in [3.8, 4) is 5.75 Å². The topological polar surface area (TPSA) is 105 Å². The molecule has 11 heteroatoms. The monoisotopic (exact) mass is 485 g/mol. The summed E-state index contributed by atoms with van der Waals surface area (Å²) >= 11 is 6.92. The second kappa shape index (κ2) is 10.4. The zero-order valence-electron chi connectivity index (χ0n) is 17.0. The van der Waals surface area contributed by atoms with Crippen molar-refractivity contribution in [2.24, 2.45) is 0 Å². The van der Waals surface area contributed by atoms with Crippen molar-refractivity contribution in [1.29, 1.82) is 0 Å². The van der Waals surface area contributed by atoms with E-state index in [1.165, 1.54) is 10.4 Å². The maximum Gasteiger partial charge on any atom is 0.281 e. The largest absolute Gasteiger partial charge is 0.493 e. The van der Waals surface area contributed by atoms with E-state index in [2.05, 4.69) is 10.9 Å². The second-order valence-electron chi connectivity index (χ2n) is 7.09. The molecule has 2 heterocycles. The van der Waals surface area contributed by atoms with Gasteiger partial charge in [0.2, 0.25) is 15.9 Å². The van der Waals surface area contributed by atoms with Crippen LogP contribution in [0.25, 0.3) is 0 Å². The van der Waals surface area contributed by atoms with Gasteiger partial charge in [-0.25, -0.2) is 8.42 Å². The standard InChI is InChI=1S/C20H24ClN3O5S2/c1-14-13-15(21)6-7-16(14)29-11-4-5-18(25)22-23-20(26)19-17(8-12-30-19)31(27,28)24-9-2-3-10-24/h6-8,12-13H,2-5,9-11H2,1H3,(H,22,25)(H,23,26). The van der Waals surface area contributed by atoms with Crippen molar-refractivity contribution in [3.63, 3.8) is 0 Å².